The summed E-state index contributed by atoms with van der Waals surface area (Å²) in [4.78, 5) is 18.4. The van der Waals surface area contributed by atoms with Gasteiger partial charge in [0.2, 0.25) is 5.91 Å². The number of carbonyl (C=O) groups is 1. The summed E-state index contributed by atoms with van der Waals surface area (Å²) in [6.07, 6.45) is 5.76. The van der Waals surface area contributed by atoms with Crippen molar-refractivity contribution in [3.8, 4) is 11.5 Å². The van der Waals surface area contributed by atoms with Crippen molar-refractivity contribution in [1.29, 1.82) is 0 Å². The first-order chi connectivity index (χ1) is 13.0. The zero-order valence-electron chi connectivity index (χ0n) is 16.6. The number of ether oxygens (including phenoxy) is 2. The van der Waals surface area contributed by atoms with Crippen LogP contribution in [0.5, 0.6) is 11.5 Å². The molecule has 1 atom stereocenters. The molecule has 2 aromatic rings. The maximum Gasteiger partial charge on any atom is 0.220 e. The number of amides is 1. The Hall–Kier alpha value is -2.60. The van der Waals surface area contributed by atoms with Crippen LogP contribution in [0.15, 0.2) is 42.7 Å². The normalized spacial score (nSPS) is 11.9. The number of pyridine rings is 1. The predicted octanol–water partition coefficient (Wildman–Crippen LogP) is 2.84. The molecule has 1 amide bonds. The lowest BCUT2D eigenvalue weighted by Crippen LogP contribution is -2.34. The van der Waals surface area contributed by atoms with Gasteiger partial charge in [-0.1, -0.05) is 12.1 Å². The van der Waals surface area contributed by atoms with Gasteiger partial charge in [0.1, 0.15) is 0 Å². The molecule has 0 saturated carbocycles. The highest BCUT2D eigenvalue weighted by atomic mass is 16.5. The molecular formula is C21H29N3O3. The molecule has 0 saturated heterocycles. The number of nitrogens with one attached hydrogen (secondary N) is 1. The number of hydrogen-bond donors (Lipinski definition) is 1. The second-order valence-corrected chi connectivity index (χ2v) is 6.61. The minimum atomic E-state index is 0.0482. The quantitative estimate of drug-likeness (QED) is 0.696. The Bertz CT molecular complexity index is 720. The monoisotopic (exact) mass is 371 g/mol. The van der Waals surface area contributed by atoms with Gasteiger partial charge < -0.3 is 19.7 Å². The van der Waals surface area contributed by atoms with E-state index in [4.69, 9.17) is 9.47 Å². The highest BCUT2D eigenvalue weighted by molar-refractivity contribution is 5.75. The summed E-state index contributed by atoms with van der Waals surface area (Å²) in [5, 5.41) is 3.05. The zero-order chi connectivity index (χ0) is 19.6. The van der Waals surface area contributed by atoms with Crippen LogP contribution < -0.4 is 14.8 Å². The summed E-state index contributed by atoms with van der Waals surface area (Å²) in [6.45, 7) is 0.536. The molecule has 0 spiro atoms. The third-order valence-corrected chi connectivity index (χ3v) is 4.50. The predicted molar refractivity (Wildman–Crippen MR) is 106 cm³/mol. The Labute approximate surface area is 161 Å². The number of hydrogen-bond acceptors (Lipinski definition) is 5. The number of rotatable bonds is 10. The molecule has 6 nitrogen and oxygen atoms in total. The minimum Gasteiger partial charge on any atom is -0.493 e. The Balaban J connectivity index is 1.89. The van der Waals surface area contributed by atoms with Gasteiger partial charge in [0, 0.05) is 25.4 Å². The van der Waals surface area contributed by atoms with Crippen LogP contribution in [0.25, 0.3) is 0 Å². The van der Waals surface area contributed by atoms with Crippen molar-refractivity contribution in [3.63, 3.8) is 0 Å². The summed E-state index contributed by atoms with van der Waals surface area (Å²) >= 11 is 0. The van der Waals surface area contributed by atoms with Gasteiger partial charge in [-0.3, -0.25) is 9.78 Å². The molecule has 27 heavy (non-hydrogen) atoms. The molecular weight excluding hydrogens is 342 g/mol. The van der Waals surface area contributed by atoms with Crippen LogP contribution in [0.2, 0.25) is 0 Å². The fraction of sp³-hybridized carbons (Fsp3) is 0.429. The molecule has 1 unspecified atom stereocenters. The van der Waals surface area contributed by atoms with Crippen molar-refractivity contribution in [2.75, 3.05) is 34.9 Å². The summed E-state index contributed by atoms with van der Waals surface area (Å²) in [6, 6.07) is 9.84. The lowest BCUT2D eigenvalue weighted by Gasteiger charge is -2.26. The number of aryl methyl sites for hydroxylation is 1. The van der Waals surface area contributed by atoms with Crippen molar-refractivity contribution < 1.29 is 14.3 Å². The van der Waals surface area contributed by atoms with Gasteiger partial charge in [-0.05, 0) is 56.3 Å². The Morgan fingerprint density at radius 3 is 2.59 bits per heavy atom. The number of likely N-dealkylation sites (N-methyl/N-ethyl adjacent to an activating group) is 1. The Morgan fingerprint density at radius 1 is 1.19 bits per heavy atom. The number of nitrogens with zero attached hydrogens (tertiary/aromatic N) is 2. The van der Waals surface area contributed by atoms with E-state index < -0.39 is 0 Å². The lowest BCUT2D eigenvalue weighted by molar-refractivity contribution is -0.121. The van der Waals surface area contributed by atoms with E-state index in [9.17, 15) is 4.79 Å². The van der Waals surface area contributed by atoms with Crippen LogP contribution >= 0.6 is 0 Å². The molecule has 146 valence electrons. The van der Waals surface area contributed by atoms with Crippen molar-refractivity contribution in [2.24, 2.45) is 0 Å². The largest absolute Gasteiger partial charge is 0.493 e. The molecule has 0 aliphatic rings. The van der Waals surface area contributed by atoms with E-state index in [-0.39, 0.29) is 11.9 Å². The van der Waals surface area contributed by atoms with E-state index in [1.165, 1.54) is 0 Å². The average Bonchev–Trinajstić information content (AvgIpc) is 2.68. The zero-order valence-corrected chi connectivity index (χ0v) is 16.6. The van der Waals surface area contributed by atoms with Crippen LogP contribution in [0.3, 0.4) is 0 Å². The van der Waals surface area contributed by atoms with Crippen LogP contribution in [-0.2, 0) is 11.2 Å². The molecule has 0 bridgehead atoms. The summed E-state index contributed by atoms with van der Waals surface area (Å²) < 4.78 is 10.7. The van der Waals surface area contributed by atoms with E-state index >= 15 is 0 Å². The van der Waals surface area contributed by atoms with Gasteiger partial charge in [-0.25, -0.2) is 0 Å². The second-order valence-electron chi connectivity index (χ2n) is 6.61. The van der Waals surface area contributed by atoms with Gasteiger partial charge in [0.15, 0.2) is 11.5 Å². The summed E-state index contributed by atoms with van der Waals surface area (Å²) in [7, 11) is 7.23. The van der Waals surface area contributed by atoms with E-state index in [1.807, 2.05) is 50.6 Å². The van der Waals surface area contributed by atoms with Crippen molar-refractivity contribution >= 4 is 5.91 Å². The van der Waals surface area contributed by atoms with Gasteiger partial charge in [0.25, 0.3) is 0 Å². The molecule has 1 aromatic carbocycles. The number of carbonyl (C=O) groups excluding carboxylic acids is 1. The smallest absolute Gasteiger partial charge is 0.220 e. The van der Waals surface area contributed by atoms with Gasteiger partial charge in [-0.2, -0.15) is 0 Å². The van der Waals surface area contributed by atoms with Crippen LogP contribution in [-0.4, -0.2) is 50.7 Å². The van der Waals surface area contributed by atoms with E-state index in [0.29, 0.717) is 24.5 Å². The van der Waals surface area contributed by atoms with Crippen LogP contribution in [0.1, 0.15) is 30.0 Å². The maximum atomic E-state index is 12.2. The van der Waals surface area contributed by atoms with Crippen LogP contribution in [0, 0.1) is 0 Å². The molecule has 6 heteroatoms. The lowest BCUT2D eigenvalue weighted by atomic mass is 10.0. The standard InChI is InChI=1S/C21H29N3O3/c1-24(2)18(17-10-11-19(26-3)20(13-17)27-4)15-23-21(25)9-5-7-16-8-6-12-22-14-16/h6,8,10-14,18H,5,7,9,15H2,1-4H3,(H,23,25). The third kappa shape index (κ3) is 6.25. The van der Waals surface area contributed by atoms with E-state index in [2.05, 4.69) is 15.2 Å². The first kappa shape index (κ1) is 20.7. The molecule has 1 N–H and O–H groups in total. The summed E-state index contributed by atoms with van der Waals surface area (Å²) in [5.74, 6) is 1.44. The van der Waals surface area contributed by atoms with Gasteiger partial charge >= 0.3 is 0 Å². The average molecular weight is 371 g/mol. The topological polar surface area (TPSA) is 63.7 Å². The first-order valence-corrected chi connectivity index (χ1v) is 9.09. The second kappa shape index (κ2) is 10.5. The van der Waals surface area contributed by atoms with Crippen molar-refractivity contribution in [2.45, 2.75) is 25.3 Å². The molecule has 0 fully saturated rings. The highest BCUT2D eigenvalue weighted by Gasteiger charge is 2.17. The SMILES string of the molecule is COc1ccc(C(CNC(=O)CCCc2cccnc2)N(C)C)cc1OC. The fourth-order valence-electron chi connectivity index (χ4n) is 2.96. The molecule has 0 aliphatic carbocycles. The third-order valence-electron chi connectivity index (χ3n) is 4.50. The number of benzene rings is 1. The minimum absolute atomic E-state index is 0.0482. The van der Waals surface area contributed by atoms with Crippen LogP contribution in [0.4, 0.5) is 0 Å². The van der Waals surface area contributed by atoms with Gasteiger partial charge in [-0.15, -0.1) is 0 Å². The van der Waals surface area contributed by atoms with Crippen molar-refractivity contribution in [1.82, 2.24) is 15.2 Å². The molecule has 1 aromatic heterocycles. The molecule has 2 rings (SSSR count). The molecule has 0 radical (unpaired) electrons. The van der Waals surface area contributed by atoms with E-state index in [1.54, 1.807) is 20.4 Å². The number of methoxy groups -OCH3 is 2. The Kier molecular flexibility index (Phi) is 8.07. The Morgan fingerprint density at radius 2 is 1.96 bits per heavy atom. The fourth-order valence-corrected chi connectivity index (χ4v) is 2.96. The number of aromatic nitrogens is 1. The summed E-state index contributed by atoms with van der Waals surface area (Å²) in [5.41, 5.74) is 2.22. The van der Waals surface area contributed by atoms with Crippen molar-refractivity contribution in [3.05, 3.63) is 53.9 Å². The van der Waals surface area contributed by atoms with Gasteiger partial charge in [0.05, 0.1) is 20.3 Å². The molecule has 0 aliphatic heterocycles. The highest BCUT2D eigenvalue weighted by Crippen LogP contribution is 2.31. The van der Waals surface area contributed by atoms with E-state index in [0.717, 1.165) is 24.0 Å². The first-order valence-electron chi connectivity index (χ1n) is 9.09. The molecule has 1 heterocycles. The maximum absolute atomic E-state index is 12.2.